The van der Waals surface area contributed by atoms with E-state index in [9.17, 15) is 0 Å². The Balaban J connectivity index is 2.24. The van der Waals surface area contributed by atoms with Crippen LogP contribution in [0.4, 0.5) is 11.6 Å². The normalized spacial score (nSPS) is 10.4. The van der Waals surface area contributed by atoms with Crippen molar-refractivity contribution in [3.8, 4) is 0 Å². The molecule has 0 amide bonds. The zero-order chi connectivity index (χ0) is 13.1. The first-order valence-corrected chi connectivity index (χ1v) is 5.80. The lowest BCUT2D eigenvalue weighted by Crippen LogP contribution is -2.21. The van der Waals surface area contributed by atoms with Gasteiger partial charge in [-0.25, -0.2) is 15.0 Å². The van der Waals surface area contributed by atoms with Gasteiger partial charge in [-0.15, -0.1) is 0 Å². The molecule has 2 rings (SSSR count). The van der Waals surface area contributed by atoms with Gasteiger partial charge in [0.15, 0.2) is 0 Å². The van der Waals surface area contributed by atoms with Crippen LogP contribution in [0.1, 0.15) is 11.4 Å². The summed E-state index contributed by atoms with van der Waals surface area (Å²) in [5, 5.41) is 3.06. The van der Waals surface area contributed by atoms with Gasteiger partial charge in [0.1, 0.15) is 23.8 Å². The molecule has 0 aliphatic carbocycles. The Morgan fingerprint density at radius 2 is 2.11 bits per heavy atom. The summed E-state index contributed by atoms with van der Waals surface area (Å²) in [6.07, 6.45) is 5.31. The van der Waals surface area contributed by atoms with Gasteiger partial charge in [0, 0.05) is 39.1 Å². The summed E-state index contributed by atoms with van der Waals surface area (Å²) >= 11 is 0. The van der Waals surface area contributed by atoms with Crippen LogP contribution in [0.5, 0.6) is 0 Å². The minimum atomic E-state index is 0.713. The van der Waals surface area contributed by atoms with Crippen molar-refractivity contribution in [3.05, 3.63) is 30.1 Å². The summed E-state index contributed by atoms with van der Waals surface area (Å²) in [7, 11) is 5.85. The minimum absolute atomic E-state index is 0.713. The number of nitrogens with zero attached hydrogens (tertiary/aromatic N) is 5. The highest BCUT2D eigenvalue weighted by molar-refractivity contribution is 5.57. The molecular formula is C12H18N6. The second-order valence-corrected chi connectivity index (χ2v) is 4.23. The van der Waals surface area contributed by atoms with Crippen LogP contribution < -0.4 is 10.2 Å². The molecule has 2 aromatic heterocycles. The number of hydrogen-bond acceptors (Lipinski definition) is 5. The van der Waals surface area contributed by atoms with Crippen molar-refractivity contribution >= 4 is 11.6 Å². The van der Waals surface area contributed by atoms with Gasteiger partial charge in [-0.1, -0.05) is 0 Å². The quantitative estimate of drug-likeness (QED) is 0.878. The van der Waals surface area contributed by atoms with Gasteiger partial charge in [-0.05, 0) is 6.92 Å². The first-order valence-electron chi connectivity index (χ1n) is 5.80. The highest BCUT2D eigenvalue weighted by atomic mass is 15.2. The van der Waals surface area contributed by atoms with E-state index in [0.717, 1.165) is 23.0 Å². The fraction of sp³-hybridized carbons (Fsp3) is 0.417. The van der Waals surface area contributed by atoms with E-state index in [0.29, 0.717) is 6.54 Å². The predicted molar refractivity (Wildman–Crippen MR) is 71.6 cm³/mol. The van der Waals surface area contributed by atoms with Crippen LogP contribution in [0.2, 0.25) is 0 Å². The summed E-state index contributed by atoms with van der Waals surface area (Å²) in [5.41, 5.74) is 1.04. The van der Waals surface area contributed by atoms with E-state index in [2.05, 4.69) is 25.2 Å². The highest BCUT2D eigenvalue weighted by Gasteiger charge is 2.12. The van der Waals surface area contributed by atoms with Gasteiger partial charge in [0.25, 0.3) is 0 Å². The summed E-state index contributed by atoms with van der Waals surface area (Å²) in [4.78, 5) is 14.9. The zero-order valence-corrected chi connectivity index (χ0v) is 11.2. The van der Waals surface area contributed by atoms with Crippen molar-refractivity contribution < 1.29 is 0 Å². The van der Waals surface area contributed by atoms with E-state index in [1.165, 1.54) is 0 Å². The van der Waals surface area contributed by atoms with Crippen molar-refractivity contribution in [1.82, 2.24) is 19.5 Å². The Morgan fingerprint density at radius 3 is 2.72 bits per heavy atom. The molecule has 0 radical (unpaired) electrons. The molecule has 2 heterocycles. The number of hydrogen-bond donors (Lipinski definition) is 1. The molecule has 1 N–H and O–H groups in total. The number of nitrogens with one attached hydrogen (secondary N) is 1. The van der Waals surface area contributed by atoms with Gasteiger partial charge in [0.2, 0.25) is 0 Å². The maximum atomic E-state index is 4.33. The maximum Gasteiger partial charge on any atom is 0.137 e. The smallest absolute Gasteiger partial charge is 0.137 e. The summed E-state index contributed by atoms with van der Waals surface area (Å²) in [5.74, 6) is 2.77. The van der Waals surface area contributed by atoms with Gasteiger partial charge in [-0.2, -0.15) is 0 Å². The predicted octanol–water partition coefficient (Wildman–Crippen LogP) is 1.20. The SMILES string of the molecule is CNc1ncnc(N(C)Cc2nccn2C)c1C. The fourth-order valence-electron chi connectivity index (χ4n) is 1.91. The Hall–Kier alpha value is -2.11. The van der Waals surface area contributed by atoms with Gasteiger partial charge in [-0.3, -0.25) is 0 Å². The van der Waals surface area contributed by atoms with E-state index >= 15 is 0 Å². The lowest BCUT2D eigenvalue weighted by Gasteiger charge is -2.20. The van der Waals surface area contributed by atoms with Crippen LogP contribution >= 0.6 is 0 Å². The third-order valence-corrected chi connectivity index (χ3v) is 2.96. The van der Waals surface area contributed by atoms with E-state index in [4.69, 9.17) is 0 Å². The van der Waals surface area contributed by atoms with Crippen molar-refractivity contribution in [2.24, 2.45) is 7.05 Å². The van der Waals surface area contributed by atoms with Crippen LogP contribution in [0.15, 0.2) is 18.7 Å². The standard InChI is InChI=1S/C12H18N6/c1-9-11(13-2)15-8-16-12(9)18(4)7-10-14-5-6-17(10)3/h5-6,8H,7H2,1-4H3,(H,13,15,16). The summed E-state index contributed by atoms with van der Waals surface area (Å²) in [6.45, 7) is 2.72. The van der Waals surface area contributed by atoms with Gasteiger partial charge in [0.05, 0.1) is 6.54 Å². The molecule has 0 aliphatic heterocycles. The summed E-state index contributed by atoms with van der Waals surface area (Å²) in [6, 6.07) is 0. The van der Waals surface area contributed by atoms with Crippen molar-refractivity contribution in [1.29, 1.82) is 0 Å². The molecule has 2 aromatic rings. The Kier molecular flexibility index (Phi) is 3.45. The first kappa shape index (κ1) is 12.3. The molecule has 0 spiro atoms. The molecule has 0 atom stereocenters. The van der Waals surface area contributed by atoms with E-state index in [-0.39, 0.29) is 0 Å². The molecule has 0 saturated heterocycles. The lowest BCUT2D eigenvalue weighted by molar-refractivity contribution is 0.752. The molecule has 0 bridgehead atoms. The van der Waals surface area contributed by atoms with E-state index in [1.807, 2.05) is 38.8 Å². The van der Waals surface area contributed by atoms with Crippen LogP contribution in [-0.2, 0) is 13.6 Å². The van der Waals surface area contributed by atoms with Crippen molar-refractivity contribution in [2.45, 2.75) is 13.5 Å². The molecule has 0 saturated carbocycles. The number of anilines is 2. The lowest BCUT2D eigenvalue weighted by atomic mass is 10.3. The maximum absolute atomic E-state index is 4.33. The van der Waals surface area contributed by atoms with Crippen LogP contribution in [0.25, 0.3) is 0 Å². The number of rotatable bonds is 4. The highest BCUT2D eigenvalue weighted by Crippen LogP contribution is 2.21. The Labute approximate surface area is 107 Å². The zero-order valence-electron chi connectivity index (χ0n) is 11.2. The molecule has 6 nitrogen and oxygen atoms in total. The number of imidazole rings is 1. The Bertz CT molecular complexity index is 533. The number of aromatic nitrogens is 4. The average Bonchev–Trinajstić information content (AvgIpc) is 2.75. The van der Waals surface area contributed by atoms with Crippen LogP contribution in [-0.4, -0.2) is 33.6 Å². The largest absolute Gasteiger partial charge is 0.373 e. The third-order valence-electron chi connectivity index (χ3n) is 2.96. The molecule has 6 heteroatoms. The average molecular weight is 246 g/mol. The van der Waals surface area contributed by atoms with Crippen molar-refractivity contribution in [3.63, 3.8) is 0 Å². The van der Waals surface area contributed by atoms with Crippen LogP contribution in [0.3, 0.4) is 0 Å². The molecule has 18 heavy (non-hydrogen) atoms. The second-order valence-electron chi connectivity index (χ2n) is 4.23. The summed E-state index contributed by atoms with van der Waals surface area (Å²) < 4.78 is 2.01. The molecule has 96 valence electrons. The monoisotopic (exact) mass is 246 g/mol. The van der Waals surface area contributed by atoms with Crippen molar-refractivity contribution in [2.75, 3.05) is 24.3 Å². The topological polar surface area (TPSA) is 58.9 Å². The molecule has 0 aromatic carbocycles. The number of aryl methyl sites for hydroxylation is 1. The molecule has 0 unspecified atom stereocenters. The van der Waals surface area contributed by atoms with Gasteiger partial charge < -0.3 is 14.8 Å². The minimum Gasteiger partial charge on any atom is -0.373 e. The fourth-order valence-corrected chi connectivity index (χ4v) is 1.91. The second kappa shape index (κ2) is 5.03. The third kappa shape index (κ3) is 2.27. The van der Waals surface area contributed by atoms with E-state index < -0.39 is 0 Å². The molecule has 0 aliphatic rings. The first-order chi connectivity index (χ1) is 8.63. The molecule has 0 fully saturated rings. The van der Waals surface area contributed by atoms with E-state index in [1.54, 1.807) is 12.5 Å². The van der Waals surface area contributed by atoms with Crippen LogP contribution in [0, 0.1) is 6.92 Å². The molecular weight excluding hydrogens is 228 g/mol. The van der Waals surface area contributed by atoms with Gasteiger partial charge >= 0.3 is 0 Å². The Morgan fingerprint density at radius 1 is 1.33 bits per heavy atom.